The quantitative estimate of drug-likeness (QED) is 0.845. The molecule has 0 aliphatic carbocycles. The molecule has 0 aliphatic heterocycles. The molecule has 0 saturated heterocycles. The van der Waals surface area contributed by atoms with Crippen molar-refractivity contribution in [3.63, 3.8) is 0 Å². The summed E-state index contributed by atoms with van der Waals surface area (Å²) in [5.74, 6) is -0.522. The highest BCUT2D eigenvalue weighted by atomic mass is 16.5. The number of carbonyl (C=O) groups is 1. The lowest BCUT2D eigenvalue weighted by Crippen LogP contribution is -2.02. The number of ether oxygens (including phenoxy) is 1. The average molecular weight is 248 g/mol. The zero-order valence-corrected chi connectivity index (χ0v) is 9.70. The third-order valence-corrected chi connectivity index (χ3v) is 2.48. The molecule has 1 heterocycles. The first kappa shape index (κ1) is 12.1. The van der Waals surface area contributed by atoms with E-state index in [1.165, 1.54) is 10.9 Å². The Labute approximate surface area is 103 Å². The predicted octanol–water partition coefficient (Wildman–Crippen LogP) is 1.07. The van der Waals surface area contributed by atoms with Gasteiger partial charge >= 0.3 is 5.97 Å². The molecule has 0 spiro atoms. The Hall–Kier alpha value is -2.34. The molecule has 0 atom stereocenters. The van der Waals surface area contributed by atoms with Crippen LogP contribution in [0.25, 0.3) is 5.69 Å². The number of aromatic carboxylic acids is 1. The van der Waals surface area contributed by atoms with E-state index >= 15 is 0 Å². The van der Waals surface area contributed by atoms with Crippen LogP contribution >= 0.6 is 0 Å². The van der Waals surface area contributed by atoms with Crippen molar-refractivity contribution in [2.24, 2.45) is 0 Å². The lowest BCUT2D eigenvalue weighted by Gasteiger charge is -2.03. The minimum atomic E-state index is -1.17. The van der Waals surface area contributed by atoms with E-state index in [-0.39, 0.29) is 17.9 Å². The molecule has 6 heteroatoms. The summed E-state index contributed by atoms with van der Waals surface area (Å²) < 4.78 is 6.48. The van der Waals surface area contributed by atoms with Gasteiger partial charge in [-0.15, -0.1) is 0 Å². The van der Waals surface area contributed by atoms with Gasteiger partial charge < -0.3 is 14.9 Å². The SMILES string of the molecule is COc1cccc(-n2cc(CO)c(C(=O)O)n2)c1. The van der Waals surface area contributed by atoms with Gasteiger partial charge in [0, 0.05) is 17.8 Å². The van der Waals surface area contributed by atoms with Gasteiger partial charge in [-0.25, -0.2) is 9.48 Å². The van der Waals surface area contributed by atoms with Crippen molar-refractivity contribution < 1.29 is 19.7 Å². The first-order chi connectivity index (χ1) is 8.65. The van der Waals surface area contributed by atoms with Crippen LogP contribution in [0.2, 0.25) is 0 Å². The van der Waals surface area contributed by atoms with Gasteiger partial charge in [-0.05, 0) is 12.1 Å². The second kappa shape index (κ2) is 4.89. The third-order valence-electron chi connectivity index (χ3n) is 2.48. The van der Waals surface area contributed by atoms with Crippen LogP contribution in [0, 0.1) is 0 Å². The summed E-state index contributed by atoms with van der Waals surface area (Å²) in [6.07, 6.45) is 1.48. The van der Waals surface area contributed by atoms with E-state index in [1.54, 1.807) is 31.4 Å². The summed E-state index contributed by atoms with van der Waals surface area (Å²) >= 11 is 0. The van der Waals surface area contributed by atoms with Crippen LogP contribution in [-0.2, 0) is 6.61 Å². The van der Waals surface area contributed by atoms with E-state index in [9.17, 15) is 4.79 Å². The third kappa shape index (κ3) is 2.18. The van der Waals surface area contributed by atoms with Crippen LogP contribution in [0.5, 0.6) is 5.75 Å². The van der Waals surface area contributed by atoms with Gasteiger partial charge in [-0.1, -0.05) is 6.07 Å². The maximum Gasteiger partial charge on any atom is 0.356 e. The molecule has 0 unspecified atom stereocenters. The summed E-state index contributed by atoms with van der Waals surface area (Å²) in [4.78, 5) is 10.9. The number of carboxylic acids is 1. The molecule has 0 radical (unpaired) electrons. The molecule has 2 N–H and O–H groups in total. The number of hydrogen-bond donors (Lipinski definition) is 2. The highest BCUT2D eigenvalue weighted by molar-refractivity contribution is 5.87. The Balaban J connectivity index is 2.47. The second-order valence-corrected chi connectivity index (χ2v) is 3.61. The smallest absolute Gasteiger partial charge is 0.356 e. The van der Waals surface area contributed by atoms with Crippen molar-refractivity contribution in [1.29, 1.82) is 0 Å². The van der Waals surface area contributed by atoms with Crippen LogP contribution < -0.4 is 4.74 Å². The van der Waals surface area contributed by atoms with Crippen molar-refractivity contribution in [3.8, 4) is 11.4 Å². The number of hydrogen-bond acceptors (Lipinski definition) is 4. The lowest BCUT2D eigenvalue weighted by atomic mass is 10.2. The molecule has 0 amide bonds. The summed E-state index contributed by atoms with van der Waals surface area (Å²) in [7, 11) is 1.55. The van der Waals surface area contributed by atoms with Crippen LogP contribution in [-0.4, -0.2) is 33.1 Å². The summed E-state index contributed by atoms with van der Waals surface area (Å²) in [6, 6.07) is 7.04. The van der Waals surface area contributed by atoms with E-state index < -0.39 is 5.97 Å². The van der Waals surface area contributed by atoms with Gasteiger partial charge in [0.15, 0.2) is 5.69 Å². The fourth-order valence-electron chi connectivity index (χ4n) is 1.59. The number of carboxylic acid groups (broad SMARTS) is 1. The highest BCUT2D eigenvalue weighted by Crippen LogP contribution is 2.17. The number of methoxy groups -OCH3 is 1. The Morgan fingerprint density at radius 1 is 1.50 bits per heavy atom. The summed E-state index contributed by atoms with van der Waals surface area (Å²) in [6.45, 7) is -0.369. The lowest BCUT2D eigenvalue weighted by molar-refractivity contribution is 0.0686. The molecule has 1 aromatic carbocycles. The number of rotatable bonds is 4. The highest BCUT2D eigenvalue weighted by Gasteiger charge is 2.15. The molecule has 0 aliphatic rings. The summed E-state index contributed by atoms with van der Waals surface area (Å²) in [5, 5.41) is 22.0. The molecular formula is C12H12N2O4. The number of nitrogens with zero attached hydrogens (tertiary/aromatic N) is 2. The van der Waals surface area contributed by atoms with Crippen molar-refractivity contribution in [3.05, 3.63) is 41.7 Å². The van der Waals surface area contributed by atoms with E-state index in [0.29, 0.717) is 11.4 Å². The molecule has 0 bridgehead atoms. The Kier molecular flexibility index (Phi) is 3.29. The molecule has 94 valence electrons. The van der Waals surface area contributed by atoms with Crippen LogP contribution in [0.1, 0.15) is 16.1 Å². The van der Waals surface area contributed by atoms with Crippen LogP contribution in [0.3, 0.4) is 0 Å². The summed E-state index contributed by atoms with van der Waals surface area (Å²) in [5.41, 5.74) is 0.780. The largest absolute Gasteiger partial charge is 0.497 e. The standard InChI is InChI=1S/C12H12N2O4/c1-18-10-4-2-3-9(5-10)14-6-8(7-15)11(13-14)12(16)17/h2-6,15H,7H2,1H3,(H,16,17). The second-order valence-electron chi connectivity index (χ2n) is 3.61. The number of aliphatic hydroxyl groups is 1. The fraction of sp³-hybridized carbons (Fsp3) is 0.167. The number of aromatic nitrogens is 2. The Bertz CT molecular complexity index is 577. The van der Waals surface area contributed by atoms with E-state index in [0.717, 1.165) is 0 Å². The molecule has 2 rings (SSSR count). The maximum atomic E-state index is 10.9. The van der Waals surface area contributed by atoms with Crippen molar-refractivity contribution in [2.75, 3.05) is 7.11 Å². The van der Waals surface area contributed by atoms with Crippen LogP contribution in [0.15, 0.2) is 30.5 Å². The number of aliphatic hydroxyl groups excluding tert-OH is 1. The van der Waals surface area contributed by atoms with Gasteiger partial charge in [0.1, 0.15) is 5.75 Å². The zero-order valence-electron chi connectivity index (χ0n) is 9.70. The van der Waals surface area contributed by atoms with Crippen molar-refractivity contribution in [1.82, 2.24) is 9.78 Å². The molecule has 6 nitrogen and oxygen atoms in total. The van der Waals surface area contributed by atoms with Crippen LogP contribution in [0.4, 0.5) is 0 Å². The Morgan fingerprint density at radius 3 is 2.83 bits per heavy atom. The molecule has 18 heavy (non-hydrogen) atoms. The van der Waals surface area contributed by atoms with Gasteiger partial charge in [-0.3, -0.25) is 0 Å². The number of benzene rings is 1. The van der Waals surface area contributed by atoms with Gasteiger partial charge in [0.05, 0.1) is 19.4 Å². The molecule has 2 aromatic rings. The molecule has 1 aromatic heterocycles. The van der Waals surface area contributed by atoms with E-state index in [2.05, 4.69) is 5.10 Å². The molecule has 0 fully saturated rings. The molecule has 0 saturated carbocycles. The minimum Gasteiger partial charge on any atom is -0.497 e. The molecular weight excluding hydrogens is 236 g/mol. The first-order valence-corrected chi connectivity index (χ1v) is 5.23. The van der Waals surface area contributed by atoms with Gasteiger partial charge in [-0.2, -0.15) is 5.10 Å². The average Bonchev–Trinajstić information content (AvgIpc) is 2.83. The topological polar surface area (TPSA) is 84.6 Å². The van der Waals surface area contributed by atoms with Crippen molar-refractivity contribution >= 4 is 5.97 Å². The minimum absolute atomic E-state index is 0.152. The first-order valence-electron chi connectivity index (χ1n) is 5.23. The fourth-order valence-corrected chi connectivity index (χ4v) is 1.59. The maximum absolute atomic E-state index is 10.9. The normalized spacial score (nSPS) is 10.3. The monoisotopic (exact) mass is 248 g/mol. The van der Waals surface area contributed by atoms with E-state index in [1.807, 2.05) is 0 Å². The van der Waals surface area contributed by atoms with Gasteiger partial charge in [0.2, 0.25) is 0 Å². The van der Waals surface area contributed by atoms with Crippen molar-refractivity contribution in [2.45, 2.75) is 6.61 Å². The Morgan fingerprint density at radius 2 is 2.28 bits per heavy atom. The predicted molar refractivity (Wildman–Crippen MR) is 63.0 cm³/mol. The van der Waals surface area contributed by atoms with E-state index in [4.69, 9.17) is 14.9 Å². The van der Waals surface area contributed by atoms with Gasteiger partial charge in [0.25, 0.3) is 0 Å². The zero-order chi connectivity index (χ0) is 13.1.